The lowest BCUT2D eigenvalue weighted by atomic mass is 9.81. The number of halogens is 1. The molecule has 8 heteroatoms. The lowest BCUT2D eigenvalue weighted by Crippen LogP contribution is -2.49. The van der Waals surface area contributed by atoms with E-state index in [9.17, 15) is 13.7 Å². The van der Waals surface area contributed by atoms with Crippen molar-refractivity contribution in [2.45, 2.75) is 36.7 Å². The Hall–Kier alpha value is -2.68. The van der Waals surface area contributed by atoms with Crippen LogP contribution in [0.5, 0.6) is 0 Å². The van der Waals surface area contributed by atoms with Crippen LogP contribution in [0.15, 0.2) is 53.7 Å². The molecule has 3 aromatic rings. The van der Waals surface area contributed by atoms with Crippen LogP contribution in [0.4, 0.5) is 16.0 Å². The molecule has 33 heavy (non-hydrogen) atoms. The second kappa shape index (κ2) is 7.97. The molecule has 1 saturated heterocycles. The summed E-state index contributed by atoms with van der Waals surface area (Å²) >= 11 is 0. The predicted molar refractivity (Wildman–Crippen MR) is 126 cm³/mol. The summed E-state index contributed by atoms with van der Waals surface area (Å²) in [4.78, 5) is 11.9. The van der Waals surface area contributed by atoms with Crippen molar-refractivity contribution in [2.75, 3.05) is 30.4 Å². The first-order chi connectivity index (χ1) is 15.7. The summed E-state index contributed by atoms with van der Waals surface area (Å²) in [7, 11) is -1.06. The Labute approximate surface area is 194 Å². The van der Waals surface area contributed by atoms with Gasteiger partial charge in [0.25, 0.3) is 0 Å². The quantitative estimate of drug-likeness (QED) is 0.610. The van der Waals surface area contributed by atoms with E-state index >= 15 is 0 Å². The first-order valence-electron chi connectivity index (χ1n) is 10.9. The summed E-state index contributed by atoms with van der Waals surface area (Å²) < 4.78 is 32.5. The van der Waals surface area contributed by atoms with Crippen LogP contribution < -0.4 is 4.90 Å². The molecule has 2 aliphatic heterocycles. The molecule has 0 saturated carbocycles. The van der Waals surface area contributed by atoms with E-state index in [1.54, 1.807) is 38.4 Å². The van der Waals surface area contributed by atoms with Crippen molar-refractivity contribution in [3.8, 4) is 11.1 Å². The molecule has 1 spiro atoms. The van der Waals surface area contributed by atoms with Gasteiger partial charge in [0.1, 0.15) is 5.82 Å². The molecule has 2 aromatic carbocycles. The maximum atomic E-state index is 14.6. The molecular formula is C25H26FN3O3S. The van der Waals surface area contributed by atoms with Gasteiger partial charge in [0.15, 0.2) is 0 Å². The van der Waals surface area contributed by atoms with Crippen molar-refractivity contribution in [3.05, 3.63) is 65.7 Å². The van der Waals surface area contributed by atoms with Gasteiger partial charge in [-0.3, -0.25) is 4.21 Å². The Morgan fingerprint density at radius 2 is 1.91 bits per heavy atom. The first-order valence-corrected chi connectivity index (χ1v) is 12.3. The smallest absolute Gasteiger partial charge is 0.229 e. The summed E-state index contributed by atoms with van der Waals surface area (Å²) in [6.45, 7) is 7.14. The maximum absolute atomic E-state index is 14.6. The summed E-state index contributed by atoms with van der Waals surface area (Å²) in [5, 5.41) is 10.3. The monoisotopic (exact) mass is 467 g/mol. The van der Waals surface area contributed by atoms with Crippen LogP contribution in [0.2, 0.25) is 0 Å². The molecule has 2 aliphatic rings. The summed E-state index contributed by atoms with van der Waals surface area (Å²) in [5.41, 5.74) is 2.38. The highest BCUT2D eigenvalue weighted by Crippen LogP contribution is 2.48. The van der Waals surface area contributed by atoms with E-state index in [0.717, 1.165) is 16.1 Å². The van der Waals surface area contributed by atoms with Crippen LogP contribution in [0, 0.1) is 5.82 Å². The zero-order valence-electron chi connectivity index (χ0n) is 18.8. The molecule has 172 valence electrons. The molecule has 0 amide bonds. The van der Waals surface area contributed by atoms with E-state index in [0.29, 0.717) is 48.2 Å². The molecule has 1 N–H and O–H groups in total. The summed E-state index contributed by atoms with van der Waals surface area (Å²) in [6, 6.07) is 10.5. The van der Waals surface area contributed by atoms with E-state index < -0.39 is 22.2 Å². The largest absolute Gasteiger partial charge is 0.386 e. The fraction of sp³-hybridized carbons (Fsp3) is 0.360. The molecule has 1 unspecified atom stereocenters. The van der Waals surface area contributed by atoms with Crippen molar-refractivity contribution < 1.29 is 18.4 Å². The fourth-order valence-corrected chi connectivity index (χ4v) is 5.26. The Balaban J connectivity index is 1.52. The average molecular weight is 468 g/mol. The minimum Gasteiger partial charge on any atom is -0.386 e. The van der Waals surface area contributed by atoms with E-state index in [2.05, 4.69) is 9.97 Å². The fourth-order valence-electron chi connectivity index (χ4n) is 4.46. The van der Waals surface area contributed by atoms with Crippen LogP contribution in [0.3, 0.4) is 0 Å². The number of aromatic nitrogens is 2. The Kier molecular flexibility index (Phi) is 5.34. The second-order valence-electron chi connectivity index (χ2n) is 9.20. The van der Waals surface area contributed by atoms with Crippen LogP contribution in [0.25, 0.3) is 11.1 Å². The number of nitrogens with zero attached hydrogens (tertiary/aromatic N) is 3. The van der Waals surface area contributed by atoms with Gasteiger partial charge in [0.2, 0.25) is 5.95 Å². The first kappa shape index (κ1) is 22.1. The molecule has 1 fully saturated rings. The topological polar surface area (TPSA) is 75.6 Å². The van der Waals surface area contributed by atoms with Gasteiger partial charge in [-0.25, -0.2) is 14.4 Å². The van der Waals surface area contributed by atoms with Gasteiger partial charge in [-0.15, -0.1) is 0 Å². The maximum Gasteiger partial charge on any atom is 0.229 e. The number of ether oxygens (including phenoxy) is 1. The van der Waals surface area contributed by atoms with E-state index in [4.69, 9.17) is 4.74 Å². The Morgan fingerprint density at radius 1 is 1.18 bits per heavy atom. The molecular weight excluding hydrogens is 441 g/mol. The van der Waals surface area contributed by atoms with Crippen molar-refractivity contribution in [1.29, 1.82) is 0 Å². The zero-order chi connectivity index (χ0) is 23.4. The highest BCUT2D eigenvalue weighted by Gasteiger charge is 2.49. The van der Waals surface area contributed by atoms with Gasteiger partial charge >= 0.3 is 0 Å². The molecule has 0 bridgehead atoms. The SMILES string of the molecule is CCS(=O)c1ccc2c(c1)N(c1ncc(-c3cc(C(C)(C)O)ccc3F)cn1)CC21COC1. The number of hydrogen-bond acceptors (Lipinski definition) is 6. The zero-order valence-corrected chi connectivity index (χ0v) is 19.7. The third kappa shape index (κ3) is 3.76. The van der Waals surface area contributed by atoms with Crippen molar-refractivity contribution in [1.82, 2.24) is 9.97 Å². The number of aliphatic hydroxyl groups is 1. The van der Waals surface area contributed by atoms with Gasteiger partial charge in [-0.05, 0) is 49.2 Å². The summed E-state index contributed by atoms with van der Waals surface area (Å²) in [5.74, 6) is 0.651. The van der Waals surface area contributed by atoms with Crippen molar-refractivity contribution >= 4 is 22.4 Å². The standard InChI is InChI=1S/C25H26FN3O3S/c1-4-33(31)18-6-7-20-22(10-18)29(13-25(20)14-32-15-25)23-27-11-16(12-28-23)19-9-17(24(2,3)30)5-8-21(19)26/h5-12,30H,4,13-15H2,1-3H3. The molecule has 0 radical (unpaired) electrons. The molecule has 1 aromatic heterocycles. The van der Waals surface area contributed by atoms with Crippen LogP contribution in [0.1, 0.15) is 31.9 Å². The molecule has 0 aliphatic carbocycles. The third-order valence-electron chi connectivity index (χ3n) is 6.44. The highest BCUT2D eigenvalue weighted by molar-refractivity contribution is 7.85. The second-order valence-corrected chi connectivity index (χ2v) is 10.9. The Bertz CT molecular complexity index is 1240. The molecule has 3 heterocycles. The Morgan fingerprint density at radius 3 is 2.52 bits per heavy atom. The predicted octanol–water partition coefficient (Wildman–Crippen LogP) is 4.06. The number of anilines is 2. The minimum atomic E-state index is -1.09. The normalized spacial score (nSPS) is 17.7. The number of benzene rings is 2. The molecule has 5 rings (SSSR count). The van der Waals surface area contributed by atoms with Gasteiger partial charge in [-0.2, -0.15) is 0 Å². The number of rotatable bonds is 5. The van der Waals surface area contributed by atoms with E-state index in [-0.39, 0.29) is 5.41 Å². The van der Waals surface area contributed by atoms with Gasteiger partial charge < -0.3 is 14.7 Å². The van der Waals surface area contributed by atoms with Gasteiger partial charge in [0, 0.05) is 46.4 Å². The van der Waals surface area contributed by atoms with Crippen LogP contribution in [-0.2, 0) is 26.6 Å². The van der Waals surface area contributed by atoms with E-state index in [1.807, 2.05) is 30.0 Å². The number of hydrogen-bond donors (Lipinski definition) is 1. The minimum absolute atomic E-state index is 0.114. The number of fused-ring (bicyclic) bond motifs is 2. The average Bonchev–Trinajstić information content (AvgIpc) is 3.13. The molecule has 6 nitrogen and oxygen atoms in total. The van der Waals surface area contributed by atoms with Crippen molar-refractivity contribution in [3.63, 3.8) is 0 Å². The van der Waals surface area contributed by atoms with Crippen LogP contribution >= 0.6 is 0 Å². The lowest BCUT2D eigenvalue weighted by Gasteiger charge is -2.38. The lowest BCUT2D eigenvalue weighted by molar-refractivity contribution is -0.0507. The van der Waals surface area contributed by atoms with Gasteiger partial charge in [0.05, 0.1) is 35.0 Å². The molecule has 1 atom stereocenters. The summed E-state index contributed by atoms with van der Waals surface area (Å²) in [6.07, 6.45) is 3.20. The van der Waals surface area contributed by atoms with Gasteiger partial charge in [-0.1, -0.05) is 19.1 Å². The van der Waals surface area contributed by atoms with Crippen molar-refractivity contribution in [2.24, 2.45) is 0 Å². The van der Waals surface area contributed by atoms with E-state index in [1.165, 1.54) is 6.07 Å². The van der Waals surface area contributed by atoms with Crippen LogP contribution in [-0.4, -0.2) is 44.8 Å². The highest BCUT2D eigenvalue weighted by atomic mass is 32.2. The third-order valence-corrected chi connectivity index (χ3v) is 7.74.